The molecule has 7 heteroatoms. The minimum Gasteiger partial charge on any atom is -0.443 e. The van der Waals surface area contributed by atoms with E-state index in [1.807, 2.05) is 33.8 Å². The molecule has 0 atom stereocenters. The summed E-state index contributed by atoms with van der Waals surface area (Å²) in [6, 6.07) is 0. The Kier molecular flexibility index (Phi) is 10.1. The van der Waals surface area contributed by atoms with Crippen LogP contribution in [0.25, 0.3) is 15.8 Å². The lowest BCUT2D eigenvalue weighted by Crippen LogP contribution is -2.43. The summed E-state index contributed by atoms with van der Waals surface area (Å²) < 4.78 is 7.40. The van der Waals surface area contributed by atoms with Crippen LogP contribution in [0.5, 0.6) is 0 Å². The van der Waals surface area contributed by atoms with Gasteiger partial charge in [-0.25, -0.2) is 9.36 Å². The number of fused-ring (bicyclic) bond motifs is 1. The van der Waals surface area contributed by atoms with E-state index in [2.05, 4.69) is 52.5 Å². The fourth-order valence-electron chi connectivity index (χ4n) is 3.95. The molecule has 3 heterocycles. The van der Waals surface area contributed by atoms with Gasteiger partial charge in [-0.15, -0.1) is 11.3 Å². The van der Waals surface area contributed by atoms with Crippen LogP contribution in [0, 0.1) is 6.92 Å². The molecular formula is C26H42N2O4S. The van der Waals surface area contributed by atoms with E-state index in [1.54, 1.807) is 15.9 Å². The summed E-state index contributed by atoms with van der Waals surface area (Å²) in [5.41, 5.74) is 3.61. The molecule has 0 fully saturated rings. The molecule has 33 heavy (non-hydrogen) atoms. The molecule has 0 saturated heterocycles. The molecule has 186 valence electrons. The molecule has 0 unspecified atom stereocenters. The maximum absolute atomic E-state index is 12.9. The van der Waals surface area contributed by atoms with Crippen molar-refractivity contribution in [2.24, 2.45) is 0 Å². The molecule has 0 amide bonds. The van der Waals surface area contributed by atoms with Crippen molar-refractivity contribution in [1.82, 2.24) is 9.47 Å². The van der Waals surface area contributed by atoms with Crippen LogP contribution in [0.1, 0.15) is 83.7 Å². The van der Waals surface area contributed by atoms with E-state index in [4.69, 9.17) is 14.6 Å². The van der Waals surface area contributed by atoms with Gasteiger partial charge >= 0.3 is 6.09 Å². The molecule has 0 saturated carbocycles. The van der Waals surface area contributed by atoms with Crippen molar-refractivity contribution < 1.29 is 19.4 Å². The van der Waals surface area contributed by atoms with Gasteiger partial charge in [-0.05, 0) is 77.5 Å². The average Bonchev–Trinajstić information content (AvgIpc) is 3.27. The third-order valence-electron chi connectivity index (χ3n) is 5.57. The zero-order valence-electron chi connectivity index (χ0n) is 22.0. The summed E-state index contributed by atoms with van der Waals surface area (Å²) in [7, 11) is 1.00. The summed E-state index contributed by atoms with van der Waals surface area (Å²) >= 11 is 1.73. The number of aliphatic hydroxyl groups is 1. The highest BCUT2D eigenvalue weighted by Crippen LogP contribution is 2.42. The van der Waals surface area contributed by atoms with Gasteiger partial charge in [-0.3, -0.25) is 4.90 Å². The maximum Gasteiger partial charge on any atom is 0.419 e. The van der Waals surface area contributed by atoms with Crippen LogP contribution in [-0.2, 0) is 9.53 Å². The second-order valence-corrected chi connectivity index (χ2v) is 11.4. The summed E-state index contributed by atoms with van der Waals surface area (Å²) in [5, 5.41) is 8.23. The zero-order chi connectivity index (χ0) is 25.7. The number of hydrogen-bond acceptors (Lipinski definition) is 6. The summed E-state index contributed by atoms with van der Waals surface area (Å²) in [6.45, 7) is 23.2. The third-order valence-corrected chi connectivity index (χ3v) is 6.93. The van der Waals surface area contributed by atoms with Crippen molar-refractivity contribution in [3.05, 3.63) is 28.3 Å². The van der Waals surface area contributed by atoms with E-state index >= 15 is 0 Å². The van der Waals surface area contributed by atoms with Gasteiger partial charge in [0.15, 0.2) is 0 Å². The van der Waals surface area contributed by atoms with Gasteiger partial charge in [0, 0.05) is 42.2 Å². The van der Waals surface area contributed by atoms with Crippen molar-refractivity contribution in [3.63, 3.8) is 0 Å². The summed E-state index contributed by atoms with van der Waals surface area (Å²) in [5.74, 6) is 0.346. The molecule has 0 spiro atoms. The zero-order valence-corrected chi connectivity index (χ0v) is 22.9. The highest BCUT2D eigenvalue weighted by Gasteiger charge is 2.28. The van der Waals surface area contributed by atoms with E-state index < -0.39 is 5.60 Å². The topological polar surface area (TPSA) is 71.8 Å². The van der Waals surface area contributed by atoms with Gasteiger partial charge < -0.3 is 14.6 Å². The molecule has 3 rings (SSSR count). The monoisotopic (exact) mass is 478 g/mol. The Balaban J connectivity index is 0.00000129. The number of thiophene rings is 1. The van der Waals surface area contributed by atoms with E-state index in [-0.39, 0.29) is 11.6 Å². The van der Waals surface area contributed by atoms with Gasteiger partial charge in [0.1, 0.15) is 17.2 Å². The Bertz CT molecular complexity index is 971. The van der Waals surface area contributed by atoms with E-state index in [1.165, 1.54) is 27.0 Å². The number of carbonyl (C=O) groups excluding carboxylic acids is 2. The van der Waals surface area contributed by atoms with Crippen LogP contribution in [0.4, 0.5) is 4.79 Å². The van der Waals surface area contributed by atoms with Crippen molar-refractivity contribution in [2.45, 2.75) is 85.8 Å². The molecule has 0 bridgehead atoms. The fraction of sp³-hybridized carbons (Fsp3) is 0.615. The Morgan fingerprint density at radius 2 is 1.73 bits per heavy atom. The standard InChI is InChI=1S/C24H36N2O2S.CH4O.CH2O/c1-15(2)18-14-26(22(27)28-24(7,8)9)21-19(18)16(3)20(29-21)17-10-12-25(13-11-17)23(4,5)6;2*1-2/h10,14-15H,11-13H2,1-9H3;2H,1H3;1H2. The largest absolute Gasteiger partial charge is 0.443 e. The maximum atomic E-state index is 12.9. The molecule has 0 aromatic carbocycles. The molecule has 1 aliphatic heterocycles. The molecule has 2 aromatic rings. The molecule has 1 N–H and O–H groups in total. The predicted octanol–water partition coefficient (Wildman–Crippen LogP) is 6.23. The number of nitrogens with zero attached hydrogens (tertiary/aromatic N) is 2. The number of aliphatic hydroxyl groups excluding tert-OH is 1. The summed E-state index contributed by atoms with van der Waals surface area (Å²) in [4.78, 5) is 25.7. The first-order chi connectivity index (χ1) is 15.3. The highest BCUT2D eigenvalue weighted by molar-refractivity contribution is 7.20. The van der Waals surface area contributed by atoms with Gasteiger partial charge in [0.05, 0.1) is 0 Å². The Labute approximate surface area is 203 Å². The van der Waals surface area contributed by atoms with Crippen LogP contribution in [-0.4, -0.2) is 58.8 Å². The van der Waals surface area contributed by atoms with Crippen LogP contribution >= 0.6 is 11.3 Å². The van der Waals surface area contributed by atoms with Gasteiger partial charge in [0.25, 0.3) is 0 Å². The quantitative estimate of drug-likeness (QED) is 0.554. The number of rotatable bonds is 2. The first kappa shape index (κ1) is 29.1. The molecule has 0 aliphatic carbocycles. The lowest BCUT2D eigenvalue weighted by molar-refractivity contribution is -0.0980. The van der Waals surface area contributed by atoms with Crippen molar-refractivity contribution in [2.75, 3.05) is 20.2 Å². The fourth-order valence-corrected chi connectivity index (χ4v) is 5.31. The van der Waals surface area contributed by atoms with Gasteiger partial charge in [0.2, 0.25) is 0 Å². The van der Waals surface area contributed by atoms with E-state index in [0.29, 0.717) is 5.92 Å². The second kappa shape index (κ2) is 11.4. The first-order valence-corrected chi connectivity index (χ1v) is 12.2. The minimum atomic E-state index is -0.511. The number of carbonyl (C=O) groups is 2. The van der Waals surface area contributed by atoms with Crippen molar-refractivity contribution in [3.8, 4) is 0 Å². The number of aryl methyl sites for hydroxylation is 1. The SMILES string of the molecule is C=O.CO.Cc1c(C2=CCN(C(C)(C)C)CC2)sc2c1c(C(C)C)cn2C(=O)OC(C)(C)C. The third kappa shape index (κ3) is 6.78. The summed E-state index contributed by atoms with van der Waals surface area (Å²) in [6.07, 6.45) is 5.11. The van der Waals surface area contributed by atoms with Crippen molar-refractivity contribution >= 4 is 40.0 Å². The normalized spacial score (nSPS) is 14.8. The number of ether oxygens (including phenoxy) is 1. The van der Waals surface area contributed by atoms with Crippen LogP contribution in [0.2, 0.25) is 0 Å². The molecule has 0 radical (unpaired) electrons. The van der Waals surface area contributed by atoms with Gasteiger partial charge in [-0.2, -0.15) is 0 Å². The van der Waals surface area contributed by atoms with Crippen LogP contribution < -0.4 is 0 Å². The Morgan fingerprint density at radius 3 is 2.15 bits per heavy atom. The van der Waals surface area contributed by atoms with Crippen LogP contribution in [0.3, 0.4) is 0 Å². The van der Waals surface area contributed by atoms with Crippen molar-refractivity contribution in [1.29, 1.82) is 0 Å². The molecule has 6 nitrogen and oxygen atoms in total. The highest BCUT2D eigenvalue weighted by atomic mass is 32.1. The molecular weight excluding hydrogens is 436 g/mol. The average molecular weight is 479 g/mol. The number of aromatic nitrogens is 1. The smallest absolute Gasteiger partial charge is 0.419 e. The van der Waals surface area contributed by atoms with E-state index in [9.17, 15) is 4.79 Å². The minimum absolute atomic E-state index is 0.190. The molecule has 1 aliphatic rings. The lowest BCUT2D eigenvalue weighted by atomic mass is 9.96. The lowest BCUT2D eigenvalue weighted by Gasteiger charge is -2.37. The molecule has 2 aromatic heterocycles. The van der Waals surface area contributed by atoms with Gasteiger partial charge in [-0.1, -0.05) is 19.9 Å². The van der Waals surface area contributed by atoms with E-state index in [0.717, 1.165) is 31.5 Å². The second-order valence-electron chi connectivity index (χ2n) is 10.4. The Hall–Kier alpha value is -1.96. The predicted molar refractivity (Wildman–Crippen MR) is 139 cm³/mol. The Morgan fingerprint density at radius 1 is 1.15 bits per heavy atom. The first-order valence-electron chi connectivity index (χ1n) is 11.4. The van der Waals surface area contributed by atoms with Crippen LogP contribution in [0.15, 0.2) is 12.3 Å². The number of hydrogen-bond donors (Lipinski definition) is 1.